The molecular weight excluding hydrogens is 489 g/mol. The van der Waals surface area contributed by atoms with Crippen molar-refractivity contribution in [2.75, 3.05) is 16.2 Å². The van der Waals surface area contributed by atoms with Gasteiger partial charge in [-0.2, -0.15) is 13.2 Å². The van der Waals surface area contributed by atoms with Gasteiger partial charge in [-0.15, -0.1) is 0 Å². The van der Waals surface area contributed by atoms with Gasteiger partial charge in [0.15, 0.2) is 0 Å². The standard InChI is InChI=1S/C27H21F3N2O3S/c28-27(29,30)20-7-5-8-21(16-20)32(36(34,35)22-9-2-1-3-10-22)17-25(33)31-24-15-14-19-13-12-18-6-4-11-23(24)26(18)19/h1-11,14-16H,12-13,17H2,(H,31,33). The van der Waals surface area contributed by atoms with Crippen LogP contribution in [0, 0.1) is 0 Å². The van der Waals surface area contributed by atoms with Crippen LogP contribution in [0.5, 0.6) is 0 Å². The number of carbonyl (C=O) groups excluding carboxylic acids is 1. The van der Waals surface area contributed by atoms with Gasteiger partial charge in [0.05, 0.1) is 16.1 Å². The van der Waals surface area contributed by atoms with Crippen molar-refractivity contribution in [3.05, 3.63) is 102 Å². The van der Waals surface area contributed by atoms with Crippen molar-refractivity contribution in [3.8, 4) is 0 Å². The highest BCUT2D eigenvalue weighted by Crippen LogP contribution is 2.36. The largest absolute Gasteiger partial charge is 0.416 e. The molecule has 0 fully saturated rings. The van der Waals surface area contributed by atoms with Crippen LogP contribution >= 0.6 is 0 Å². The molecule has 4 aromatic carbocycles. The van der Waals surface area contributed by atoms with Crippen LogP contribution in [0.1, 0.15) is 16.7 Å². The first-order chi connectivity index (χ1) is 17.1. The molecule has 4 aromatic rings. The van der Waals surface area contributed by atoms with Gasteiger partial charge in [0.1, 0.15) is 6.54 Å². The third-order valence-corrected chi connectivity index (χ3v) is 8.02. The van der Waals surface area contributed by atoms with Crippen molar-refractivity contribution in [1.29, 1.82) is 0 Å². The molecule has 0 aliphatic heterocycles. The third-order valence-electron chi connectivity index (χ3n) is 6.23. The fourth-order valence-electron chi connectivity index (χ4n) is 4.55. The number of rotatable bonds is 6. The lowest BCUT2D eigenvalue weighted by atomic mass is 10.0. The van der Waals surface area contributed by atoms with E-state index in [0.29, 0.717) is 9.99 Å². The maximum absolute atomic E-state index is 13.5. The van der Waals surface area contributed by atoms with E-state index in [1.165, 1.54) is 41.5 Å². The van der Waals surface area contributed by atoms with Gasteiger partial charge in [0, 0.05) is 11.1 Å². The van der Waals surface area contributed by atoms with E-state index in [2.05, 4.69) is 5.32 Å². The highest BCUT2D eigenvalue weighted by Gasteiger charge is 2.33. The molecule has 0 saturated heterocycles. The molecule has 184 valence electrons. The summed E-state index contributed by atoms with van der Waals surface area (Å²) in [5.74, 6) is -0.675. The number of anilines is 2. The van der Waals surface area contributed by atoms with Crippen LogP contribution in [0.15, 0.2) is 89.8 Å². The molecule has 0 radical (unpaired) electrons. The average molecular weight is 511 g/mol. The van der Waals surface area contributed by atoms with E-state index in [1.54, 1.807) is 12.1 Å². The molecule has 1 aliphatic rings. The molecule has 1 N–H and O–H groups in total. The summed E-state index contributed by atoms with van der Waals surface area (Å²) >= 11 is 0. The summed E-state index contributed by atoms with van der Waals surface area (Å²) in [4.78, 5) is 13.0. The normalized spacial score (nSPS) is 13.1. The van der Waals surface area contributed by atoms with E-state index in [9.17, 15) is 26.4 Å². The smallest absolute Gasteiger partial charge is 0.324 e. The summed E-state index contributed by atoms with van der Waals surface area (Å²) < 4.78 is 67.7. The van der Waals surface area contributed by atoms with Crippen molar-refractivity contribution >= 4 is 38.1 Å². The number of sulfonamides is 1. The molecule has 0 unspecified atom stereocenters. The first kappa shape index (κ1) is 23.9. The molecule has 5 nitrogen and oxygen atoms in total. The molecule has 9 heteroatoms. The van der Waals surface area contributed by atoms with Crippen molar-refractivity contribution in [3.63, 3.8) is 0 Å². The van der Waals surface area contributed by atoms with E-state index < -0.39 is 34.2 Å². The first-order valence-electron chi connectivity index (χ1n) is 11.2. The lowest BCUT2D eigenvalue weighted by Crippen LogP contribution is -2.38. The Hall–Kier alpha value is -3.85. The van der Waals surface area contributed by atoms with E-state index in [-0.39, 0.29) is 10.6 Å². The minimum atomic E-state index is -4.68. The molecular formula is C27H21F3N2O3S. The van der Waals surface area contributed by atoms with Gasteiger partial charge in [-0.05, 0) is 65.8 Å². The Labute approximate surface area is 206 Å². The van der Waals surface area contributed by atoms with Crippen molar-refractivity contribution < 1.29 is 26.4 Å². The molecule has 36 heavy (non-hydrogen) atoms. The molecule has 0 saturated carbocycles. The predicted molar refractivity (Wildman–Crippen MR) is 132 cm³/mol. The number of hydrogen-bond donors (Lipinski definition) is 1. The molecule has 0 spiro atoms. The number of aryl methyl sites for hydroxylation is 2. The van der Waals surface area contributed by atoms with Gasteiger partial charge in [0.2, 0.25) is 5.91 Å². The number of nitrogens with one attached hydrogen (secondary N) is 1. The Morgan fingerprint density at radius 2 is 1.56 bits per heavy atom. The Morgan fingerprint density at radius 1 is 0.861 bits per heavy atom. The molecule has 0 aromatic heterocycles. The number of halogens is 3. The SMILES string of the molecule is O=C(CN(c1cccc(C(F)(F)F)c1)S(=O)(=O)c1ccccc1)Nc1ccc2c3c(cccc13)CC2. The minimum Gasteiger partial charge on any atom is -0.324 e. The minimum absolute atomic E-state index is 0.138. The highest BCUT2D eigenvalue weighted by atomic mass is 32.2. The number of nitrogens with zero attached hydrogens (tertiary/aromatic N) is 1. The Balaban J connectivity index is 1.52. The highest BCUT2D eigenvalue weighted by molar-refractivity contribution is 7.92. The van der Waals surface area contributed by atoms with Gasteiger partial charge in [-0.25, -0.2) is 8.42 Å². The van der Waals surface area contributed by atoms with Crippen molar-refractivity contribution in [2.24, 2.45) is 0 Å². The Kier molecular flexibility index (Phi) is 5.96. The lowest BCUT2D eigenvalue weighted by Gasteiger charge is -2.25. The first-order valence-corrected chi connectivity index (χ1v) is 12.7. The molecule has 0 atom stereocenters. The number of alkyl halides is 3. The zero-order valence-electron chi connectivity index (χ0n) is 18.9. The Morgan fingerprint density at radius 3 is 2.28 bits per heavy atom. The Bertz CT molecular complexity index is 1560. The van der Waals surface area contributed by atoms with E-state index in [0.717, 1.165) is 41.8 Å². The zero-order chi connectivity index (χ0) is 25.5. The third kappa shape index (κ3) is 4.42. The predicted octanol–water partition coefficient (Wildman–Crippen LogP) is 5.79. The van der Waals surface area contributed by atoms with Gasteiger partial charge < -0.3 is 5.32 Å². The summed E-state index contributed by atoms with van der Waals surface area (Å²) in [5, 5.41) is 4.68. The van der Waals surface area contributed by atoms with Crippen LogP contribution < -0.4 is 9.62 Å². The summed E-state index contributed by atoms with van der Waals surface area (Å²) in [5.41, 5.74) is 1.60. The molecule has 1 amide bonds. The van der Waals surface area contributed by atoms with Crippen LogP contribution in [0.25, 0.3) is 10.8 Å². The number of hydrogen-bond acceptors (Lipinski definition) is 3. The topological polar surface area (TPSA) is 66.5 Å². The van der Waals surface area contributed by atoms with Gasteiger partial charge in [-0.3, -0.25) is 9.10 Å². The second kappa shape index (κ2) is 8.98. The summed E-state index contributed by atoms with van der Waals surface area (Å²) in [6.07, 6.45) is -2.86. The molecule has 5 rings (SSSR count). The van der Waals surface area contributed by atoms with Crippen LogP contribution in [0.4, 0.5) is 24.5 Å². The maximum Gasteiger partial charge on any atom is 0.416 e. The fourth-order valence-corrected chi connectivity index (χ4v) is 5.98. The van der Waals surface area contributed by atoms with E-state index in [4.69, 9.17) is 0 Å². The van der Waals surface area contributed by atoms with E-state index >= 15 is 0 Å². The van der Waals surface area contributed by atoms with Gasteiger partial charge in [-0.1, -0.05) is 48.5 Å². The second-order valence-corrected chi connectivity index (χ2v) is 10.4. The van der Waals surface area contributed by atoms with Crippen LogP contribution in [0.3, 0.4) is 0 Å². The average Bonchev–Trinajstić information content (AvgIpc) is 3.29. The van der Waals surface area contributed by atoms with Gasteiger partial charge in [0.25, 0.3) is 10.0 Å². The maximum atomic E-state index is 13.5. The second-order valence-electron chi connectivity index (χ2n) is 8.53. The quantitative estimate of drug-likeness (QED) is 0.357. The number of carbonyl (C=O) groups is 1. The molecule has 0 bridgehead atoms. The van der Waals surface area contributed by atoms with Crippen LogP contribution in [0.2, 0.25) is 0 Å². The zero-order valence-corrected chi connectivity index (χ0v) is 19.7. The van der Waals surface area contributed by atoms with Crippen LogP contribution in [-0.2, 0) is 33.8 Å². The number of amides is 1. The summed E-state index contributed by atoms with van der Waals surface area (Å²) in [7, 11) is -4.34. The van der Waals surface area contributed by atoms with E-state index in [1.807, 2.05) is 24.3 Å². The molecule has 0 heterocycles. The summed E-state index contributed by atoms with van der Waals surface area (Å²) in [6.45, 7) is -0.707. The van der Waals surface area contributed by atoms with Crippen molar-refractivity contribution in [1.82, 2.24) is 0 Å². The van der Waals surface area contributed by atoms with Crippen LogP contribution in [-0.4, -0.2) is 20.9 Å². The fraction of sp³-hybridized carbons (Fsp3) is 0.148. The van der Waals surface area contributed by atoms with Gasteiger partial charge >= 0.3 is 6.18 Å². The molecule has 1 aliphatic carbocycles. The number of benzene rings is 4. The lowest BCUT2D eigenvalue weighted by molar-refractivity contribution is -0.137. The summed E-state index contributed by atoms with van der Waals surface area (Å²) in [6, 6.07) is 20.7. The monoisotopic (exact) mass is 510 g/mol. The van der Waals surface area contributed by atoms with Crippen molar-refractivity contribution in [2.45, 2.75) is 23.9 Å².